The molecule has 0 saturated heterocycles. The molecule has 0 aliphatic carbocycles. The molecule has 0 aromatic carbocycles. The van der Waals surface area contributed by atoms with E-state index in [0.717, 1.165) is 0 Å². The van der Waals surface area contributed by atoms with E-state index in [0.29, 0.717) is 18.8 Å². The van der Waals surface area contributed by atoms with Crippen LogP contribution in [0.1, 0.15) is 54.4 Å². The van der Waals surface area contributed by atoms with Crippen LogP contribution in [0.5, 0.6) is 0 Å². The van der Waals surface area contributed by atoms with E-state index in [1.54, 1.807) is 6.92 Å². The average molecular weight is 248 g/mol. The zero-order chi connectivity index (χ0) is 14.4. The van der Waals surface area contributed by atoms with E-state index in [1.807, 2.05) is 20.8 Å². The Bertz CT molecular complexity index is 370. The number of azo groups is 1. The highest BCUT2D eigenvalue weighted by atomic mass is 15.2. The Hall–Kier alpha value is -1.42. The predicted octanol–water partition coefficient (Wildman–Crippen LogP) is 4.10. The molecule has 18 heavy (non-hydrogen) atoms. The Morgan fingerprint density at radius 1 is 1.00 bits per heavy atom. The van der Waals surface area contributed by atoms with Gasteiger partial charge in [-0.3, -0.25) is 0 Å². The van der Waals surface area contributed by atoms with Gasteiger partial charge in [0.1, 0.15) is 0 Å². The molecule has 4 nitrogen and oxygen atoms in total. The molecule has 0 aliphatic heterocycles. The minimum atomic E-state index is -0.763. The number of nitriles is 2. The van der Waals surface area contributed by atoms with Crippen molar-refractivity contribution in [3.63, 3.8) is 0 Å². The minimum absolute atomic E-state index is 0.0580. The fraction of sp³-hybridized carbons (Fsp3) is 0.857. The molecule has 0 saturated carbocycles. The molecule has 100 valence electrons. The van der Waals surface area contributed by atoms with Crippen LogP contribution in [0.4, 0.5) is 0 Å². The van der Waals surface area contributed by atoms with Crippen LogP contribution in [0.3, 0.4) is 0 Å². The summed E-state index contributed by atoms with van der Waals surface area (Å²) in [4.78, 5) is 0. The van der Waals surface area contributed by atoms with Crippen LogP contribution in [0.25, 0.3) is 0 Å². The van der Waals surface area contributed by atoms with Crippen molar-refractivity contribution >= 4 is 0 Å². The Balaban J connectivity index is 4.80. The molecule has 0 aromatic heterocycles. The first-order valence-corrected chi connectivity index (χ1v) is 6.39. The largest absolute Gasteiger partial charge is 0.198 e. The highest BCUT2D eigenvalue weighted by molar-refractivity contribution is 5.04. The third-order valence-electron chi connectivity index (χ3n) is 2.61. The molecule has 2 unspecified atom stereocenters. The second-order valence-electron chi connectivity index (χ2n) is 6.23. The molecule has 0 aromatic rings. The summed E-state index contributed by atoms with van der Waals surface area (Å²) in [6.07, 6.45) is 1.34. The summed E-state index contributed by atoms with van der Waals surface area (Å²) in [5, 5.41) is 26.5. The number of hydrogen-bond donors (Lipinski definition) is 0. The quantitative estimate of drug-likeness (QED) is 0.664. The molecule has 0 spiro atoms. The summed E-state index contributed by atoms with van der Waals surface area (Å²) < 4.78 is 0. The van der Waals surface area contributed by atoms with Crippen LogP contribution in [0.15, 0.2) is 10.2 Å². The van der Waals surface area contributed by atoms with Crippen molar-refractivity contribution in [2.24, 2.45) is 22.1 Å². The van der Waals surface area contributed by atoms with Gasteiger partial charge in [-0.05, 0) is 46.5 Å². The van der Waals surface area contributed by atoms with Crippen molar-refractivity contribution in [1.29, 1.82) is 10.5 Å². The summed E-state index contributed by atoms with van der Waals surface area (Å²) in [7, 11) is 0. The second kappa shape index (κ2) is 6.50. The van der Waals surface area contributed by atoms with E-state index in [2.05, 4.69) is 36.2 Å². The maximum absolute atomic E-state index is 9.20. The van der Waals surface area contributed by atoms with Crippen molar-refractivity contribution < 1.29 is 0 Å². The molecule has 0 fully saturated rings. The number of nitrogens with zero attached hydrogens (tertiary/aromatic N) is 4. The normalized spacial score (nSPS) is 17.2. The molecule has 2 atom stereocenters. The second-order valence-corrected chi connectivity index (χ2v) is 6.23. The van der Waals surface area contributed by atoms with Crippen LogP contribution >= 0.6 is 0 Å². The summed E-state index contributed by atoms with van der Waals surface area (Å²) >= 11 is 0. The topological polar surface area (TPSA) is 72.3 Å². The molecule has 0 amide bonds. The van der Waals surface area contributed by atoms with E-state index >= 15 is 0 Å². The van der Waals surface area contributed by atoms with Gasteiger partial charge < -0.3 is 0 Å². The van der Waals surface area contributed by atoms with Crippen molar-refractivity contribution in [3.05, 3.63) is 0 Å². The highest BCUT2D eigenvalue weighted by Crippen LogP contribution is 2.25. The minimum Gasteiger partial charge on any atom is -0.198 e. The first kappa shape index (κ1) is 16.6. The van der Waals surface area contributed by atoms with Gasteiger partial charge in [0.2, 0.25) is 0 Å². The SMILES string of the molecule is CC(C)CC(C)(C#N)N=NC(C)(C)CC(C)C#N. The van der Waals surface area contributed by atoms with E-state index in [9.17, 15) is 5.26 Å². The van der Waals surface area contributed by atoms with Crippen LogP contribution in [-0.2, 0) is 0 Å². The van der Waals surface area contributed by atoms with Gasteiger partial charge in [0.15, 0.2) is 5.54 Å². The third kappa shape index (κ3) is 6.35. The van der Waals surface area contributed by atoms with Crippen LogP contribution in [-0.4, -0.2) is 11.1 Å². The Morgan fingerprint density at radius 2 is 1.56 bits per heavy atom. The lowest BCUT2D eigenvalue weighted by molar-refractivity contribution is 0.367. The molecule has 0 N–H and O–H groups in total. The van der Waals surface area contributed by atoms with Crippen molar-refractivity contribution in [2.45, 2.75) is 65.5 Å². The average Bonchev–Trinajstić information content (AvgIpc) is 2.25. The monoisotopic (exact) mass is 248 g/mol. The molecular weight excluding hydrogens is 224 g/mol. The third-order valence-corrected chi connectivity index (χ3v) is 2.61. The molecular formula is C14H24N4. The van der Waals surface area contributed by atoms with E-state index in [-0.39, 0.29) is 5.92 Å². The Labute approximate surface area is 111 Å². The van der Waals surface area contributed by atoms with Crippen LogP contribution < -0.4 is 0 Å². The standard InChI is InChI=1S/C14H24N4/c1-11(2)7-14(6,10-16)18-17-13(4,5)8-12(3)9-15/h11-12H,7-8H2,1-6H3. The molecule has 0 heterocycles. The van der Waals surface area contributed by atoms with Gasteiger partial charge in [0.05, 0.1) is 17.7 Å². The number of rotatable bonds is 6. The fourth-order valence-electron chi connectivity index (χ4n) is 1.99. The van der Waals surface area contributed by atoms with Gasteiger partial charge in [-0.1, -0.05) is 13.8 Å². The van der Waals surface area contributed by atoms with E-state index in [1.165, 1.54) is 0 Å². The predicted molar refractivity (Wildman–Crippen MR) is 71.8 cm³/mol. The van der Waals surface area contributed by atoms with Crippen LogP contribution in [0.2, 0.25) is 0 Å². The lowest BCUT2D eigenvalue weighted by Crippen LogP contribution is -2.25. The maximum Gasteiger partial charge on any atom is 0.164 e. The zero-order valence-corrected chi connectivity index (χ0v) is 12.4. The first-order chi connectivity index (χ1) is 8.14. The molecule has 0 rings (SSSR count). The lowest BCUT2D eigenvalue weighted by Gasteiger charge is -2.23. The molecule has 0 aliphatic rings. The summed E-state index contributed by atoms with van der Waals surface area (Å²) in [5.74, 6) is 0.340. The van der Waals surface area contributed by atoms with Crippen molar-refractivity contribution in [3.8, 4) is 12.1 Å². The van der Waals surface area contributed by atoms with Gasteiger partial charge in [0, 0.05) is 5.92 Å². The van der Waals surface area contributed by atoms with E-state index < -0.39 is 11.1 Å². The molecule has 4 heteroatoms. The van der Waals surface area contributed by atoms with Gasteiger partial charge in [0.25, 0.3) is 0 Å². The van der Waals surface area contributed by atoms with E-state index in [4.69, 9.17) is 5.26 Å². The Kier molecular flexibility index (Phi) is 5.98. The highest BCUT2D eigenvalue weighted by Gasteiger charge is 2.27. The molecule has 0 bridgehead atoms. The van der Waals surface area contributed by atoms with Crippen molar-refractivity contribution in [2.75, 3.05) is 0 Å². The summed E-state index contributed by atoms with van der Waals surface area (Å²) in [5.41, 5.74) is -1.16. The van der Waals surface area contributed by atoms with Crippen LogP contribution in [0, 0.1) is 34.5 Å². The van der Waals surface area contributed by atoms with Gasteiger partial charge in [-0.15, -0.1) is 0 Å². The first-order valence-electron chi connectivity index (χ1n) is 6.39. The summed E-state index contributed by atoms with van der Waals surface area (Å²) in [6, 6.07) is 4.42. The fourth-order valence-corrected chi connectivity index (χ4v) is 1.99. The van der Waals surface area contributed by atoms with Gasteiger partial charge >= 0.3 is 0 Å². The number of hydrogen-bond acceptors (Lipinski definition) is 4. The summed E-state index contributed by atoms with van der Waals surface area (Å²) in [6.45, 7) is 11.7. The molecule has 0 radical (unpaired) electrons. The van der Waals surface area contributed by atoms with Crippen molar-refractivity contribution in [1.82, 2.24) is 0 Å². The smallest absolute Gasteiger partial charge is 0.164 e. The lowest BCUT2D eigenvalue weighted by atomic mass is 9.92. The maximum atomic E-state index is 9.20. The van der Waals surface area contributed by atoms with Gasteiger partial charge in [-0.2, -0.15) is 20.8 Å². The zero-order valence-electron chi connectivity index (χ0n) is 12.4. The van der Waals surface area contributed by atoms with Gasteiger partial charge in [-0.25, -0.2) is 0 Å². The Morgan fingerprint density at radius 3 is 1.94 bits per heavy atom.